The standard InChI is InChI=1S/C34H23NO/c1-3-11-28(12-4-1)35(29-13-5-2-6-14-29)30-18-15-24(16-19-30)27-17-20-33-31(22-27)32-21-25-9-7-8-10-26(25)23-34(32)36-33/h1-23H. The minimum Gasteiger partial charge on any atom is -0.456 e. The van der Waals surface area contributed by atoms with Crippen molar-refractivity contribution in [3.05, 3.63) is 140 Å². The number of nitrogens with zero attached hydrogens (tertiary/aromatic N) is 1. The smallest absolute Gasteiger partial charge is 0.136 e. The van der Waals surface area contributed by atoms with Crippen molar-refractivity contribution in [1.29, 1.82) is 0 Å². The molecular formula is C34H23NO. The second-order valence-electron chi connectivity index (χ2n) is 9.06. The molecule has 7 aromatic rings. The molecule has 1 aromatic heterocycles. The van der Waals surface area contributed by atoms with Crippen LogP contribution in [0.3, 0.4) is 0 Å². The lowest BCUT2D eigenvalue weighted by molar-refractivity contribution is 0.669. The number of rotatable bonds is 4. The molecule has 6 aromatic carbocycles. The van der Waals surface area contributed by atoms with Crippen molar-refractivity contribution >= 4 is 49.8 Å². The largest absolute Gasteiger partial charge is 0.456 e. The van der Waals surface area contributed by atoms with Crippen LogP contribution in [-0.4, -0.2) is 0 Å². The van der Waals surface area contributed by atoms with Gasteiger partial charge in [0, 0.05) is 27.8 Å². The molecule has 0 aliphatic heterocycles. The van der Waals surface area contributed by atoms with E-state index in [0.29, 0.717) is 0 Å². The first-order valence-electron chi connectivity index (χ1n) is 12.2. The van der Waals surface area contributed by atoms with Gasteiger partial charge in [0.2, 0.25) is 0 Å². The molecule has 0 unspecified atom stereocenters. The van der Waals surface area contributed by atoms with Gasteiger partial charge in [0.05, 0.1) is 0 Å². The van der Waals surface area contributed by atoms with Gasteiger partial charge in [-0.2, -0.15) is 0 Å². The molecular weight excluding hydrogens is 438 g/mol. The Morgan fingerprint density at radius 1 is 0.389 bits per heavy atom. The monoisotopic (exact) mass is 461 g/mol. The van der Waals surface area contributed by atoms with E-state index in [0.717, 1.165) is 39.0 Å². The number of para-hydroxylation sites is 2. The van der Waals surface area contributed by atoms with E-state index >= 15 is 0 Å². The normalized spacial score (nSPS) is 11.3. The highest BCUT2D eigenvalue weighted by atomic mass is 16.3. The minimum absolute atomic E-state index is 0.917. The predicted octanol–water partition coefficient (Wildman–Crippen LogP) is 9.88. The first-order valence-corrected chi connectivity index (χ1v) is 12.2. The molecule has 36 heavy (non-hydrogen) atoms. The second-order valence-corrected chi connectivity index (χ2v) is 9.06. The summed E-state index contributed by atoms with van der Waals surface area (Å²) < 4.78 is 6.19. The summed E-state index contributed by atoms with van der Waals surface area (Å²) >= 11 is 0. The average molecular weight is 462 g/mol. The summed E-state index contributed by atoms with van der Waals surface area (Å²) in [4.78, 5) is 2.28. The summed E-state index contributed by atoms with van der Waals surface area (Å²) in [6, 6.07) is 49.0. The molecule has 0 atom stereocenters. The fourth-order valence-electron chi connectivity index (χ4n) is 5.05. The fourth-order valence-corrected chi connectivity index (χ4v) is 5.05. The van der Waals surface area contributed by atoms with Crippen LogP contribution in [0, 0.1) is 0 Å². The van der Waals surface area contributed by atoms with Crippen molar-refractivity contribution in [3.8, 4) is 11.1 Å². The molecule has 0 aliphatic rings. The molecule has 0 aliphatic carbocycles. The number of hydrogen-bond donors (Lipinski definition) is 0. The third-order valence-corrected chi connectivity index (χ3v) is 6.83. The van der Waals surface area contributed by atoms with E-state index in [9.17, 15) is 0 Å². The van der Waals surface area contributed by atoms with Crippen LogP contribution >= 0.6 is 0 Å². The minimum atomic E-state index is 0.917. The highest BCUT2D eigenvalue weighted by Crippen LogP contribution is 2.37. The predicted molar refractivity (Wildman–Crippen MR) is 151 cm³/mol. The average Bonchev–Trinajstić information content (AvgIpc) is 3.30. The molecule has 0 N–H and O–H groups in total. The Morgan fingerprint density at radius 3 is 1.58 bits per heavy atom. The first kappa shape index (κ1) is 20.5. The van der Waals surface area contributed by atoms with Gasteiger partial charge >= 0.3 is 0 Å². The van der Waals surface area contributed by atoms with Crippen LogP contribution in [-0.2, 0) is 0 Å². The molecule has 2 nitrogen and oxygen atoms in total. The van der Waals surface area contributed by atoms with Gasteiger partial charge in [-0.1, -0.05) is 78.9 Å². The molecule has 0 amide bonds. The molecule has 0 bridgehead atoms. The zero-order valence-corrected chi connectivity index (χ0v) is 19.6. The summed E-state index contributed by atoms with van der Waals surface area (Å²) in [6.07, 6.45) is 0. The van der Waals surface area contributed by atoms with Gasteiger partial charge < -0.3 is 9.32 Å². The van der Waals surface area contributed by atoms with Gasteiger partial charge in [-0.15, -0.1) is 0 Å². The van der Waals surface area contributed by atoms with Crippen LogP contribution in [0.25, 0.3) is 43.8 Å². The molecule has 2 heteroatoms. The van der Waals surface area contributed by atoms with E-state index < -0.39 is 0 Å². The lowest BCUT2D eigenvalue weighted by Crippen LogP contribution is -2.09. The third-order valence-electron chi connectivity index (χ3n) is 6.83. The van der Waals surface area contributed by atoms with Gasteiger partial charge in [0.15, 0.2) is 0 Å². The number of anilines is 3. The first-order chi connectivity index (χ1) is 17.8. The Hall–Kier alpha value is -4.82. The Kier molecular flexibility index (Phi) is 4.82. The van der Waals surface area contributed by atoms with Gasteiger partial charge in [-0.05, 0) is 82.6 Å². The number of furan rings is 1. The van der Waals surface area contributed by atoms with Gasteiger partial charge in [0.1, 0.15) is 11.2 Å². The number of fused-ring (bicyclic) bond motifs is 4. The van der Waals surface area contributed by atoms with Crippen molar-refractivity contribution in [2.75, 3.05) is 4.90 Å². The summed E-state index contributed by atoms with van der Waals surface area (Å²) in [5.41, 5.74) is 7.59. The third kappa shape index (κ3) is 3.52. The fraction of sp³-hybridized carbons (Fsp3) is 0. The summed E-state index contributed by atoms with van der Waals surface area (Å²) in [6.45, 7) is 0. The molecule has 0 radical (unpaired) electrons. The van der Waals surface area contributed by atoms with Crippen molar-refractivity contribution in [2.45, 2.75) is 0 Å². The van der Waals surface area contributed by atoms with Crippen molar-refractivity contribution < 1.29 is 4.42 Å². The highest BCUT2D eigenvalue weighted by molar-refractivity contribution is 6.11. The van der Waals surface area contributed by atoms with Crippen LogP contribution < -0.4 is 4.90 Å². The Bertz CT molecular complexity index is 1780. The summed E-state index contributed by atoms with van der Waals surface area (Å²) in [5, 5.41) is 4.72. The molecule has 170 valence electrons. The maximum absolute atomic E-state index is 6.19. The molecule has 1 heterocycles. The van der Waals surface area contributed by atoms with E-state index in [-0.39, 0.29) is 0 Å². The number of hydrogen-bond acceptors (Lipinski definition) is 2. The number of benzene rings is 6. The summed E-state index contributed by atoms with van der Waals surface area (Å²) in [5.74, 6) is 0. The lowest BCUT2D eigenvalue weighted by atomic mass is 10.0. The van der Waals surface area contributed by atoms with Crippen molar-refractivity contribution in [1.82, 2.24) is 0 Å². The van der Waals surface area contributed by atoms with Crippen LogP contribution in [0.2, 0.25) is 0 Å². The van der Waals surface area contributed by atoms with Crippen LogP contribution in [0.15, 0.2) is 144 Å². The van der Waals surface area contributed by atoms with E-state index in [1.807, 2.05) is 12.1 Å². The summed E-state index contributed by atoms with van der Waals surface area (Å²) in [7, 11) is 0. The molecule has 0 spiro atoms. The zero-order valence-electron chi connectivity index (χ0n) is 19.6. The molecule has 0 saturated heterocycles. The van der Waals surface area contributed by atoms with Crippen molar-refractivity contribution in [3.63, 3.8) is 0 Å². The second kappa shape index (κ2) is 8.44. The van der Waals surface area contributed by atoms with E-state index in [2.05, 4.69) is 132 Å². The van der Waals surface area contributed by atoms with Crippen LogP contribution in [0.4, 0.5) is 17.1 Å². The maximum Gasteiger partial charge on any atom is 0.136 e. The topological polar surface area (TPSA) is 16.4 Å². The maximum atomic E-state index is 6.19. The van der Waals surface area contributed by atoms with Crippen LogP contribution in [0.1, 0.15) is 0 Å². The molecule has 0 fully saturated rings. The van der Waals surface area contributed by atoms with Crippen molar-refractivity contribution in [2.24, 2.45) is 0 Å². The van der Waals surface area contributed by atoms with E-state index in [1.165, 1.54) is 21.9 Å². The SMILES string of the molecule is c1ccc(N(c2ccccc2)c2ccc(-c3ccc4oc5cc6ccccc6cc5c4c3)cc2)cc1. The van der Waals surface area contributed by atoms with E-state index in [1.54, 1.807) is 0 Å². The quantitative estimate of drug-likeness (QED) is 0.259. The van der Waals surface area contributed by atoms with Gasteiger partial charge in [0.25, 0.3) is 0 Å². The Balaban J connectivity index is 1.30. The Morgan fingerprint density at radius 2 is 0.917 bits per heavy atom. The van der Waals surface area contributed by atoms with Crippen LogP contribution in [0.5, 0.6) is 0 Å². The molecule has 7 rings (SSSR count). The van der Waals surface area contributed by atoms with Gasteiger partial charge in [-0.3, -0.25) is 0 Å². The van der Waals surface area contributed by atoms with E-state index in [4.69, 9.17) is 4.42 Å². The van der Waals surface area contributed by atoms with Gasteiger partial charge in [-0.25, -0.2) is 0 Å². The Labute approximate surface area is 209 Å². The zero-order chi connectivity index (χ0) is 23.9. The molecule has 0 saturated carbocycles. The highest BCUT2D eigenvalue weighted by Gasteiger charge is 2.13. The lowest BCUT2D eigenvalue weighted by Gasteiger charge is -2.25.